The van der Waals surface area contributed by atoms with Crippen LogP contribution in [0.4, 0.5) is 0 Å². The van der Waals surface area contributed by atoms with Gasteiger partial charge in [-0.3, -0.25) is 4.90 Å². The molecule has 2 N–H and O–H groups in total. The lowest BCUT2D eigenvalue weighted by Gasteiger charge is -2.31. The van der Waals surface area contributed by atoms with Crippen LogP contribution in [0.3, 0.4) is 0 Å². The summed E-state index contributed by atoms with van der Waals surface area (Å²) in [5.41, 5.74) is 6.03. The van der Waals surface area contributed by atoms with Gasteiger partial charge in [0.15, 0.2) is 0 Å². The average Bonchev–Trinajstić information content (AvgIpc) is 2.76. The van der Waals surface area contributed by atoms with Crippen LogP contribution < -0.4 is 5.73 Å². The summed E-state index contributed by atoms with van der Waals surface area (Å²) >= 11 is 0. The molecule has 0 radical (unpaired) electrons. The predicted octanol–water partition coefficient (Wildman–Crippen LogP) is 1.64. The summed E-state index contributed by atoms with van der Waals surface area (Å²) in [6.07, 6.45) is 1.69. The van der Waals surface area contributed by atoms with Gasteiger partial charge >= 0.3 is 0 Å². The minimum absolute atomic E-state index is 0.0305. The summed E-state index contributed by atoms with van der Waals surface area (Å²) in [6, 6.07) is 4.02. The predicted molar refractivity (Wildman–Crippen MR) is 64.2 cm³/mol. The van der Waals surface area contributed by atoms with Crippen molar-refractivity contribution in [1.29, 1.82) is 0 Å². The Hall–Kier alpha value is -0.840. The number of rotatable bonds is 7. The van der Waals surface area contributed by atoms with E-state index in [0.29, 0.717) is 6.61 Å². The molecule has 0 aliphatic heterocycles. The number of nitrogens with zero attached hydrogens (tertiary/aromatic N) is 1. The lowest BCUT2D eigenvalue weighted by atomic mass is 10.1. The Bertz CT molecular complexity index is 273. The minimum atomic E-state index is 0.0305. The normalized spacial score (nSPS) is 15.3. The number of furan rings is 1. The fourth-order valence-electron chi connectivity index (χ4n) is 1.93. The first-order valence-corrected chi connectivity index (χ1v) is 5.72. The third kappa shape index (κ3) is 3.33. The molecule has 0 saturated carbocycles. The molecule has 4 heteroatoms. The van der Waals surface area contributed by atoms with Crippen LogP contribution in [-0.2, 0) is 4.74 Å². The molecule has 1 heterocycles. The van der Waals surface area contributed by atoms with E-state index in [2.05, 4.69) is 11.8 Å². The van der Waals surface area contributed by atoms with Gasteiger partial charge in [0.2, 0.25) is 0 Å². The van der Waals surface area contributed by atoms with E-state index in [0.717, 1.165) is 18.8 Å². The van der Waals surface area contributed by atoms with E-state index < -0.39 is 0 Å². The Morgan fingerprint density at radius 1 is 1.56 bits per heavy atom. The molecule has 1 aromatic heterocycles. The minimum Gasteiger partial charge on any atom is -0.468 e. The number of ether oxygens (including phenoxy) is 1. The van der Waals surface area contributed by atoms with E-state index in [4.69, 9.17) is 14.9 Å². The zero-order valence-electron chi connectivity index (χ0n) is 10.3. The Morgan fingerprint density at radius 3 is 2.75 bits per heavy atom. The van der Waals surface area contributed by atoms with Crippen LogP contribution in [0, 0.1) is 0 Å². The van der Waals surface area contributed by atoms with Crippen molar-refractivity contribution in [2.24, 2.45) is 5.73 Å². The highest BCUT2D eigenvalue weighted by Gasteiger charge is 2.24. The van der Waals surface area contributed by atoms with E-state index in [1.807, 2.05) is 19.1 Å². The quantitative estimate of drug-likeness (QED) is 0.768. The maximum absolute atomic E-state index is 6.03. The molecule has 0 spiro atoms. The molecule has 1 aromatic rings. The van der Waals surface area contributed by atoms with Crippen LogP contribution in [0.1, 0.15) is 25.6 Å². The van der Waals surface area contributed by atoms with E-state index in [1.54, 1.807) is 13.4 Å². The molecular formula is C12H22N2O2. The van der Waals surface area contributed by atoms with Crippen LogP contribution in [-0.4, -0.2) is 37.7 Å². The van der Waals surface area contributed by atoms with Crippen molar-refractivity contribution in [2.45, 2.75) is 25.9 Å². The van der Waals surface area contributed by atoms with Gasteiger partial charge in [-0.15, -0.1) is 0 Å². The first-order chi connectivity index (χ1) is 7.70. The number of hydrogen-bond acceptors (Lipinski definition) is 4. The molecule has 0 aliphatic carbocycles. The molecule has 0 saturated heterocycles. The molecule has 2 unspecified atom stereocenters. The average molecular weight is 226 g/mol. The monoisotopic (exact) mass is 226 g/mol. The van der Waals surface area contributed by atoms with Gasteiger partial charge in [-0.05, 0) is 25.6 Å². The molecule has 2 atom stereocenters. The van der Waals surface area contributed by atoms with Crippen molar-refractivity contribution in [3.05, 3.63) is 24.2 Å². The first-order valence-electron chi connectivity index (χ1n) is 5.72. The van der Waals surface area contributed by atoms with E-state index in [-0.39, 0.29) is 12.1 Å². The second-order valence-electron chi connectivity index (χ2n) is 3.94. The van der Waals surface area contributed by atoms with Gasteiger partial charge in [-0.1, -0.05) is 6.92 Å². The second-order valence-corrected chi connectivity index (χ2v) is 3.94. The van der Waals surface area contributed by atoms with Gasteiger partial charge in [0, 0.05) is 19.7 Å². The molecule has 0 fully saturated rings. The summed E-state index contributed by atoms with van der Waals surface area (Å²) in [5, 5.41) is 0. The second kappa shape index (κ2) is 6.68. The van der Waals surface area contributed by atoms with Crippen molar-refractivity contribution < 1.29 is 9.15 Å². The molecule has 0 aliphatic rings. The molecule has 0 aromatic carbocycles. The molecule has 4 nitrogen and oxygen atoms in total. The SMILES string of the molecule is CCN(CCOC)C(c1ccco1)C(C)N. The Morgan fingerprint density at radius 2 is 2.31 bits per heavy atom. The molecule has 16 heavy (non-hydrogen) atoms. The summed E-state index contributed by atoms with van der Waals surface area (Å²) < 4.78 is 10.6. The number of methoxy groups -OCH3 is 1. The van der Waals surface area contributed by atoms with Crippen LogP contribution in [0.2, 0.25) is 0 Å². The van der Waals surface area contributed by atoms with Gasteiger partial charge in [0.25, 0.3) is 0 Å². The number of nitrogens with two attached hydrogens (primary N) is 1. The highest BCUT2D eigenvalue weighted by Crippen LogP contribution is 2.23. The maximum Gasteiger partial charge on any atom is 0.122 e. The van der Waals surface area contributed by atoms with Crippen LogP contribution in [0.5, 0.6) is 0 Å². The summed E-state index contributed by atoms with van der Waals surface area (Å²) in [7, 11) is 1.71. The molecule has 92 valence electrons. The lowest BCUT2D eigenvalue weighted by molar-refractivity contribution is 0.105. The topological polar surface area (TPSA) is 51.6 Å². The van der Waals surface area contributed by atoms with Crippen LogP contribution in [0.15, 0.2) is 22.8 Å². The lowest BCUT2D eigenvalue weighted by Crippen LogP contribution is -2.40. The van der Waals surface area contributed by atoms with Crippen molar-refractivity contribution in [3.8, 4) is 0 Å². The van der Waals surface area contributed by atoms with Crippen LogP contribution >= 0.6 is 0 Å². The van der Waals surface area contributed by atoms with Gasteiger partial charge in [0.05, 0.1) is 18.9 Å². The fraction of sp³-hybridized carbons (Fsp3) is 0.667. The third-order valence-corrected chi connectivity index (χ3v) is 2.71. The largest absolute Gasteiger partial charge is 0.468 e. The zero-order chi connectivity index (χ0) is 12.0. The number of hydrogen-bond donors (Lipinski definition) is 1. The summed E-state index contributed by atoms with van der Waals surface area (Å²) in [6.45, 7) is 6.62. The van der Waals surface area contributed by atoms with Gasteiger partial charge in [0.1, 0.15) is 5.76 Å². The van der Waals surface area contributed by atoms with Gasteiger partial charge < -0.3 is 14.9 Å². The van der Waals surface area contributed by atoms with Crippen molar-refractivity contribution in [2.75, 3.05) is 26.8 Å². The standard InChI is InChI=1S/C12H22N2O2/c1-4-14(7-9-15-3)12(10(2)13)11-6-5-8-16-11/h5-6,8,10,12H,4,7,9,13H2,1-3H3. The van der Waals surface area contributed by atoms with Crippen molar-refractivity contribution >= 4 is 0 Å². The Labute approximate surface area is 97.4 Å². The highest BCUT2D eigenvalue weighted by molar-refractivity contribution is 5.07. The highest BCUT2D eigenvalue weighted by atomic mass is 16.5. The molecular weight excluding hydrogens is 204 g/mol. The number of likely N-dealkylation sites (N-methyl/N-ethyl adjacent to an activating group) is 1. The molecule has 0 bridgehead atoms. The van der Waals surface area contributed by atoms with E-state index in [9.17, 15) is 0 Å². The summed E-state index contributed by atoms with van der Waals surface area (Å²) in [5.74, 6) is 0.924. The Kier molecular flexibility index (Phi) is 5.52. The zero-order valence-corrected chi connectivity index (χ0v) is 10.3. The van der Waals surface area contributed by atoms with Crippen LogP contribution in [0.25, 0.3) is 0 Å². The van der Waals surface area contributed by atoms with E-state index in [1.165, 1.54) is 0 Å². The Balaban J connectivity index is 2.75. The smallest absolute Gasteiger partial charge is 0.122 e. The first kappa shape index (κ1) is 13.2. The fourth-order valence-corrected chi connectivity index (χ4v) is 1.93. The molecule has 1 rings (SSSR count). The van der Waals surface area contributed by atoms with Crippen molar-refractivity contribution in [3.63, 3.8) is 0 Å². The molecule has 0 amide bonds. The van der Waals surface area contributed by atoms with E-state index >= 15 is 0 Å². The van der Waals surface area contributed by atoms with Gasteiger partial charge in [-0.25, -0.2) is 0 Å². The maximum atomic E-state index is 6.03. The summed E-state index contributed by atoms with van der Waals surface area (Å²) in [4.78, 5) is 2.27. The van der Waals surface area contributed by atoms with Gasteiger partial charge in [-0.2, -0.15) is 0 Å². The van der Waals surface area contributed by atoms with Crippen molar-refractivity contribution in [1.82, 2.24) is 4.90 Å². The third-order valence-electron chi connectivity index (χ3n) is 2.71.